The highest BCUT2D eigenvalue weighted by molar-refractivity contribution is 5.85. The van der Waals surface area contributed by atoms with Gasteiger partial charge in [0, 0.05) is 6.54 Å². The Bertz CT molecular complexity index is 525. The number of fused-ring (bicyclic) bond motifs is 1. The molecule has 1 aromatic carbocycles. The highest BCUT2D eigenvalue weighted by atomic mass is 35.5. The quantitative estimate of drug-likeness (QED) is 0.829. The predicted molar refractivity (Wildman–Crippen MR) is 81.6 cm³/mol. The molecule has 0 radical (unpaired) electrons. The van der Waals surface area contributed by atoms with Crippen LogP contribution in [0.3, 0.4) is 0 Å². The zero-order valence-electron chi connectivity index (χ0n) is 11.4. The number of ether oxygens (including phenoxy) is 1. The molecule has 0 saturated carbocycles. The standard InChI is InChI=1S/C16H19NO2.ClH/c1-3-13-6-7-15(11-14(13)4-1)19-10-8-17-12-16-5-2-9-18-16;/h2,5-7,9,11,17H,1,3-4,8,10,12H2;1H. The maximum Gasteiger partial charge on any atom is 0.119 e. The van der Waals surface area contributed by atoms with E-state index in [1.165, 1.54) is 30.4 Å². The van der Waals surface area contributed by atoms with Crippen LogP contribution in [-0.4, -0.2) is 13.2 Å². The summed E-state index contributed by atoms with van der Waals surface area (Å²) in [5, 5.41) is 3.29. The number of rotatable bonds is 6. The zero-order chi connectivity index (χ0) is 12.9. The van der Waals surface area contributed by atoms with Crippen LogP contribution in [0.1, 0.15) is 23.3 Å². The first kappa shape index (κ1) is 14.9. The molecule has 1 N–H and O–H groups in total. The van der Waals surface area contributed by atoms with Crippen LogP contribution < -0.4 is 10.1 Å². The molecule has 20 heavy (non-hydrogen) atoms. The topological polar surface area (TPSA) is 34.4 Å². The molecule has 1 aromatic heterocycles. The summed E-state index contributed by atoms with van der Waals surface area (Å²) in [5.41, 5.74) is 2.95. The Labute approximate surface area is 125 Å². The monoisotopic (exact) mass is 293 g/mol. The Morgan fingerprint density at radius 2 is 2.05 bits per heavy atom. The van der Waals surface area contributed by atoms with Gasteiger partial charge < -0.3 is 14.5 Å². The van der Waals surface area contributed by atoms with Gasteiger partial charge in [0.2, 0.25) is 0 Å². The van der Waals surface area contributed by atoms with E-state index in [9.17, 15) is 0 Å². The highest BCUT2D eigenvalue weighted by Gasteiger charge is 2.10. The van der Waals surface area contributed by atoms with E-state index >= 15 is 0 Å². The van der Waals surface area contributed by atoms with E-state index in [1.807, 2.05) is 12.1 Å². The minimum absolute atomic E-state index is 0. The highest BCUT2D eigenvalue weighted by Crippen LogP contribution is 2.25. The van der Waals surface area contributed by atoms with Crippen LogP contribution in [0.2, 0.25) is 0 Å². The Balaban J connectivity index is 0.00000147. The second kappa shape index (κ2) is 7.36. The summed E-state index contributed by atoms with van der Waals surface area (Å²) in [5.74, 6) is 1.94. The lowest BCUT2D eigenvalue weighted by atomic mass is 10.1. The van der Waals surface area contributed by atoms with Gasteiger partial charge in [0.25, 0.3) is 0 Å². The van der Waals surface area contributed by atoms with Crippen LogP contribution in [0.4, 0.5) is 0 Å². The molecule has 1 aliphatic carbocycles. The fraction of sp³-hybridized carbons (Fsp3) is 0.375. The van der Waals surface area contributed by atoms with E-state index in [1.54, 1.807) is 6.26 Å². The Kier molecular flexibility index (Phi) is 5.50. The summed E-state index contributed by atoms with van der Waals surface area (Å²) in [4.78, 5) is 0. The number of halogens is 1. The number of benzene rings is 1. The molecule has 3 rings (SSSR count). The molecule has 4 heteroatoms. The number of nitrogens with one attached hydrogen (secondary N) is 1. The van der Waals surface area contributed by atoms with Crippen LogP contribution >= 0.6 is 12.4 Å². The fourth-order valence-electron chi connectivity index (χ4n) is 2.50. The lowest BCUT2D eigenvalue weighted by Crippen LogP contribution is -2.20. The van der Waals surface area contributed by atoms with E-state index < -0.39 is 0 Å². The van der Waals surface area contributed by atoms with Crippen LogP contribution in [0.15, 0.2) is 41.0 Å². The number of furan rings is 1. The minimum atomic E-state index is 0. The van der Waals surface area contributed by atoms with Gasteiger partial charge in [-0.15, -0.1) is 12.4 Å². The van der Waals surface area contributed by atoms with Gasteiger partial charge in [-0.3, -0.25) is 0 Å². The lowest BCUT2D eigenvalue weighted by molar-refractivity contribution is 0.310. The predicted octanol–water partition coefficient (Wildman–Crippen LogP) is 3.36. The van der Waals surface area contributed by atoms with Crippen LogP contribution in [0.5, 0.6) is 5.75 Å². The average molecular weight is 294 g/mol. The van der Waals surface area contributed by atoms with Gasteiger partial charge in [-0.2, -0.15) is 0 Å². The molecule has 0 fully saturated rings. The summed E-state index contributed by atoms with van der Waals surface area (Å²) < 4.78 is 11.0. The molecule has 0 bridgehead atoms. The Morgan fingerprint density at radius 3 is 2.90 bits per heavy atom. The molecule has 108 valence electrons. The second-order valence-corrected chi connectivity index (χ2v) is 4.89. The van der Waals surface area contributed by atoms with Gasteiger partial charge in [0.1, 0.15) is 18.1 Å². The normalized spacial score (nSPS) is 12.8. The van der Waals surface area contributed by atoms with Crippen molar-refractivity contribution in [3.05, 3.63) is 53.5 Å². The van der Waals surface area contributed by atoms with Crippen molar-refractivity contribution in [1.82, 2.24) is 5.32 Å². The minimum Gasteiger partial charge on any atom is -0.492 e. The van der Waals surface area contributed by atoms with E-state index in [2.05, 4.69) is 23.5 Å². The third kappa shape index (κ3) is 3.78. The van der Waals surface area contributed by atoms with Gasteiger partial charge in [-0.05, 0) is 54.7 Å². The number of hydrogen-bond donors (Lipinski definition) is 1. The largest absolute Gasteiger partial charge is 0.492 e. The van der Waals surface area contributed by atoms with Crippen molar-refractivity contribution < 1.29 is 9.15 Å². The molecular formula is C16H20ClNO2. The van der Waals surface area contributed by atoms with Crippen molar-refractivity contribution in [1.29, 1.82) is 0 Å². The SMILES string of the molecule is Cl.c1coc(CNCCOc2ccc3c(c2)CCC3)c1. The van der Waals surface area contributed by atoms with E-state index in [-0.39, 0.29) is 12.4 Å². The van der Waals surface area contributed by atoms with E-state index in [4.69, 9.17) is 9.15 Å². The third-order valence-electron chi connectivity index (χ3n) is 3.50. The smallest absolute Gasteiger partial charge is 0.119 e. The van der Waals surface area contributed by atoms with Crippen molar-refractivity contribution in [2.24, 2.45) is 0 Å². The summed E-state index contributed by atoms with van der Waals surface area (Å²) in [6.07, 6.45) is 5.39. The van der Waals surface area contributed by atoms with Crippen molar-refractivity contribution in [3.8, 4) is 5.75 Å². The maximum atomic E-state index is 5.76. The van der Waals surface area contributed by atoms with E-state index in [0.717, 1.165) is 24.6 Å². The van der Waals surface area contributed by atoms with Gasteiger partial charge in [0.05, 0.1) is 12.8 Å². The van der Waals surface area contributed by atoms with Crippen molar-refractivity contribution in [2.45, 2.75) is 25.8 Å². The Morgan fingerprint density at radius 1 is 1.15 bits per heavy atom. The summed E-state index contributed by atoms with van der Waals surface area (Å²) >= 11 is 0. The van der Waals surface area contributed by atoms with Crippen LogP contribution in [0.25, 0.3) is 0 Å². The Hall–Kier alpha value is -1.45. The van der Waals surface area contributed by atoms with Gasteiger partial charge >= 0.3 is 0 Å². The zero-order valence-corrected chi connectivity index (χ0v) is 12.2. The molecular weight excluding hydrogens is 274 g/mol. The number of aryl methyl sites for hydroxylation is 2. The molecule has 0 unspecified atom stereocenters. The molecule has 1 aliphatic rings. The van der Waals surface area contributed by atoms with Crippen LogP contribution in [0, 0.1) is 0 Å². The maximum absolute atomic E-state index is 5.76. The van der Waals surface area contributed by atoms with Gasteiger partial charge in [0.15, 0.2) is 0 Å². The van der Waals surface area contributed by atoms with E-state index in [0.29, 0.717) is 6.61 Å². The molecule has 1 heterocycles. The first-order valence-corrected chi connectivity index (χ1v) is 6.89. The van der Waals surface area contributed by atoms with Gasteiger partial charge in [-0.1, -0.05) is 6.07 Å². The molecule has 0 atom stereocenters. The molecule has 2 aromatic rings. The van der Waals surface area contributed by atoms with Crippen LogP contribution in [-0.2, 0) is 19.4 Å². The first-order chi connectivity index (χ1) is 9.42. The van der Waals surface area contributed by atoms with Crippen molar-refractivity contribution in [2.75, 3.05) is 13.2 Å². The first-order valence-electron chi connectivity index (χ1n) is 6.89. The van der Waals surface area contributed by atoms with Crippen molar-refractivity contribution >= 4 is 12.4 Å². The third-order valence-corrected chi connectivity index (χ3v) is 3.50. The molecule has 3 nitrogen and oxygen atoms in total. The van der Waals surface area contributed by atoms with Gasteiger partial charge in [-0.25, -0.2) is 0 Å². The lowest BCUT2D eigenvalue weighted by Gasteiger charge is -2.08. The van der Waals surface area contributed by atoms with Crippen molar-refractivity contribution in [3.63, 3.8) is 0 Å². The summed E-state index contributed by atoms with van der Waals surface area (Å²) in [7, 11) is 0. The number of hydrogen-bond acceptors (Lipinski definition) is 3. The molecule has 0 spiro atoms. The summed E-state index contributed by atoms with van der Waals surface area (Å²) in [6, 6.07) is 10.3. The second-order valence-electron chi connectivity index (χ2n) is 4.89. The fourth-order valence-corrected chi connectivity index (χ4v) is 2.50. The molecule has 0 aliphatic heterocycles. The average Bonchev–Trinajstić information content (AvgIpc) is 3.08. The molecule has 0 amide bonds. The summed E-state index contributed by atoms with van der Waals surface area (Å²) in [6.45, 7) is 2.25. The molecule has 0 saturated heterocycles.